The highest BCUT2D eigenvalue weighted by atomic mass is 16.1. The van der Waals surface area contributed by atoms with Crippen LogP contribution in [0.4, 0.5) is 0 Å². The Balaban J connectivity index is 4.00. The Kier molecular flexibility index (Phi) is 8.21. The number of nitrogens with zero attached hydrogens (tertiary/aromatic N) is 1. The maximum absolute atomic E-state index is 11.2. The number of nitrogens with one attached hydrogen (secondary N) is 1. The van der Waals surface area contributed by atoms with Crippen LogP contribution in [0.1, 0.15) is 34.1 Å². The Labute approximate surface area is 99.6 Å². The van der Waals surface area contributed by atoms with Crippen LogP contribution in [0.3, 0.4) is 0 Å². The Morgan fingerprint density at radius 3 is 2.38 bits per heavy atom. The number of amides is 1. The van der Waals surface area contributed by atoms with E-state index in [4.69, 9.17) is 5.73 Å². The lowest BCUT2D eigenvalue weighted by atomic mass is 10.1. The van der Waals surface area contributed by atoms with Crippen LogP contribution >= 0.6 is 0 Å². The molecule has 0 aromatic carbocycles. The third-order valence-electron chi connectivity index (χ3n) is 2.60. The number of hydrogen-bond donors (Lipinski definition) is 2. The molecule has 0 aliphatic rings. The van der Waals surface area contributed by atoms with E-state index in [0.29, 0.717) is 5.92 Å². The molecule has 96 valence electrons. The summed E-state index contributed by atoms with van der Waals surface area (Å²) < 4.78 is 0. The van der Waals surface area contributed by atoms with Crippen LogP contribution < -0.4 is 11.1 Å². The third kappa shape index (κ3) is 6.80. The maximum atomic E-state index is 11.2. The molecule has 0 radical (unpaired) electrons. The van der Waals surface area contributed by atoms with Gasteiger partial charge in [-0.05, 0) is 25.4 Å². The van der Waals surface area contributed by atoms with Crippen LogP contribution in [0, 0.1) is 5.92 Å². The monoisotopic (exact) mass is 229 g/mol. The van der Waals surface area contributed by atoms with E-state index in [2.05, 4.69) is 31.0 Å². The summed E-state index contributed by atoms with van der Waals surface area (Å²) >= 11 is 0. The fraction of sp³-hybridized carbons (Fsp3) is 0.917. The van der Waals surface area contributed by atoms with E-state index in [1.165, 1.54) is 0 Å². The van der Waals surface area contributed by atoms with Gasteiger partial charge < -0.3 is 16.0 Å². The minimum absolute atomic E-state index is 0.189. The van der Waals surface area contributed by atoms with Gasteiger partial charge in [0, 0.05) is 13.1 Å². The minimum Gasteiger partial charge on any atom is -0.368 e. The molecule has 1 atom stereocenters. The van der Waals surface area contributed by atoms with Gasteiger partial charge in [0.1, 0.15) is 0 Å². The zero-order valence-corrected chi connectivity index (χ0v) is 11.1. The summed E-state index contributed by atoms with van der Waals surface area (Å²) in [4.78, 5) is 13.5. The van der Waals surface area contributed by atoms with E-state index in [0.717, 1.165) is 32.6 Å². The van der Waals surface area contributed by atoms with Gasteiger partial charge in [0.05, 0.1) is 6.04 Å². The number of likely N-dealkylation sites (N-methyl/N-ethyl adjacent to an activating group) is 1. The van der Waals surface area contributed by atoms with Crippen LogP contribution in [0.5, 0.6) is 0 Å². The molecular weight excluding hydrogens is 202 g/mol. The average Bonchev–Trinajstić information content (AvgIpc) is 2.21. The predicted molar refractivity (Wildman–Crippen MR) is 68.2 cm³/mol. The Morgan fingerprint density at radius 1 is 1.38 bits per heavy atom. The molecule has 1 unspecified atom stereocenters. The highest BCUT2D eigenvalue weighted by Gasteiger charge is 2.15. The lowest BCUT2D eigenvalue weighted by Gasteiger charge is -2.24. The molecule has 0 aliphatic carbocycles. The SMILES string of the molecule is CCNC(CCN(CC)CC(C)C)C(N)=O. The molecule has 4 heteroatoms. The van der Waals surface area contributed by atoms with Gasteiger partial charge in [-0.1, -0.05) is 27.7 Å². The van der Waals surface area contributed by atoms with Crippen LogP contribution in [0.2, 0.25) is 0 Å². The lowest BCUT2D eigenvalue weighted by Crippen LogP contribution is -2.43. The van der Waals surface area contributed by atoms with Crippen molar-refractivity contribution in [3.8, 4) is 0 Å². The lowest BCUT2D eigenvalue weighted by molar-refractivity contribution is -0.120. The van der Waals surface area contributed by atoms with Gasteiger partial charge in [0.2, 0.25) is 5.91 Å². The Bertz CT molecular complexity index is 195. The molecule has 1 amide bonds. The molecule has 0 fully saturated rings. The fourth-order valence-corrected chi connectivity index (χ4v) is 1.80. The standard InChI is InChI=1S/C12H27N3O/c1-5-14-11(12(13)16)7-8-15(6-2)9-10(3)4/h10-11,14H,5-9H2,1-4H3,(H2,13,16). The van der Waals surface area contributed by atoms with Crippen molar-refractivity contribution in [2.24, 2.45) is 11.7 Å². The van der Waals surface area contributed by atoms with Gasteiger partial charge >= 0.3 is 0 Å². The summed E-state index contributed by atoms with van der Waals surface area (Å²) in [7, 11) is 0. The maximum Gasteiger partial charge on any atom is 0.234 e. The van der Waals surface area contributed by atoms with Crippen molar-refractivity contribution in [3.63, 3.8) is 0 Å². The van der Waals surface area contributed by atoms with Crippen molar-refractivity contribution in [2.75, 3.05) is 26.2 Å². The second-order valence-corrected chi connectivity index (χ2v) is 4.59. The molecule has 0 saturated carbocycles. The van der Waals surface area contributed by atoms with E-state index in [1.54, 1.807) is 0 Å². The summed E-state index contributed by atoms with van der Waals surface area (Å²) in [5.74, 6) is 0.411. The largest absolute Gasteiger partial charge is 0.368 e. The summed E-state index contributed by atoms with van der Waals surface area (Å²) in [5, 5.41) is 3.11. The van der Waals surface area contributed by atoms with Crippen LogP contribution in [0.15, 0.2) is 0 Å². The first kappa shape index (κ1) is 15.4. The molecule has 0 aliphatic heterocycles. The van der Waals surface area contributed by atoms with Gasteiger partial charge in [0.15, 0.2) is 0 Å². The van der Waals surface area contributed by atoms with Gasteiger partial charge in [-0.2, -0.15) is 0 Å². The first-order valence-corrected chi connectivity index (χ1v) is 6.26. The fourth-order valence-electron chi connectivity index (χ4n) is 1.80. The van der Waals surface area contributed by atoms with E-state index in [1.807, 2.05) is 6.92 Å². The second kappa shape index (κ2) is 8.53. The minimum atomic E-state index is -0.248. The normalized spacial score (nSPS) is 13.4. The van der Waals surface area contributed by atoms with Crippen molar-refractivity contribution < 1.29 is 4.79 Å². The molecule has 16 heavy (non-hydrogen) atoms. The smallest absolute Gasteiger partial charge is 0.234 e. The summed E-state index contributed by atoms with van der Waals surface area (Å²) in [6.45, 7) is 12.4. The molecule has 0 aromatic heterocycles. The molecule has 0 aromatic rings. The van der Waals surface area contributed by atoms with Crippen molar-refractivity contribution >= 4 is 5.91 Å². The van der Waals surface area contributed by atoms with E-state index in [9.17, 15) is 4.79 Å². The summed E-state index contributed by atoms with van der Waals surface area (Å²) in [6.07, 6.45) is 0.795. The molecule has 4 nitrogen and oxygen atoms in total. The van der Waals surface area contributed by atoms with Crippen LogP contribution in [0.25, 0.3) is 0 Å². The summed E-state index contributed by atoms with van der Waals surface area (Å²) in [6, 6.07) is -0.189. The number of carbonyl (C=O) groups excluding carboxylic acids is 1. The van der Waals surface area contributed by atoms with Crippen molar-refractivity contribution in [3.05, 3.63) is 0 Å². The number of nitrogens with two attached hydrogens (primary N) is 1. The average molecular weight is 229 g/mol. The highest BCUT2D eigenvalue weighted by molar-refractivity contribution is 5.79. The van der Waals surface area contributed by atoms with Gasteiger partial charge in [0.25, 0.3) is 0 Å². The second-order valence-electron chi connectivity index (χ2n) is 4.59. The van der Waals surface area contributed by atoms with E-state index >= 15 is 0 Å². The quantitative estimate of drug-likeness (QED) is 0.615. The molecule has 0 saturated heterocycles. The van der Waals surface area contributed by atoms with Crippen molar-refractivity contribution in [1.29, 1.82) is 0 Å². The summed E-state index contributed by atoms with van der Waals surface area (Å²) in [5.41, 5.74) is 5.33. The number of carbonyl (C=O) groups is 1. The van der Waals surface area contributed by atoms with Crippen molar-refractivity contribution in [2.45, 2.75) is 40.2 Å². The zero-order chi connectivity index (χ0) is 12.6. The van der Waals surface area contributed by atoms with Gasteiger partial charge in [-0.3, -0.25) is 4.79 Å². The molecular formula is C12H27N3O. The van der Waals surface area contributed by atoms with E-state index < -0.39 is 0 Å². The van der Waals surface area contributed by atoms with Gasteiger partial charge in [-0.15, -0.1) is 0 Å². The number of rotatable bonds is 9. The molecule has 3 N–H and O–H groups in total. The predicted octanol–water partition coefficient (Wildman–Crippen LogP) is 0.818. The van der Waals surface area contributed by atoms with Gasteiger partial charge in [-0.25, -0.2) is 0 Å². The van der Waals surface area contributed by atoms with Crippen LogP contribution in [-0.4, -0.2) is 43.0 Å². The Hall–Kier alpha value is -0.610. The topological polar surface area (TPSA) is 58.4 Å². The van der Waals surface area contributed by atoms with Crippen LogP contribution in [-0.2, 0) is 4.79 Å². The molecule has 0 bridgehead atoms. The highest BCUT2D eigenvalue weighted by Crippen LogP contribution is 2.01. The third-order valence-corrected chi connectivity index (χ3v) is 2.60. The first-order valence-electron chi connectivity index (χ1n) is 6.26. The Morgan fingerprint density at radius 2 is 2.00 bits per heavy atom. The number of hydrogen-bond acceptors (Lipinski definition) is 3. The van der Waals surface area contributed by atoms with Crippen molar-refractivity contribution in [1.82, 2.24) is 10.2 Å². The van der Waals surface area contributed by atoms with E-state index in [-0.39, 0.29) is 11.9 Å². The first-order chi connectivity index (χ1) is 7.51. The number of primary amides is 1. The molecule has 0 rings (SSSR count). The molecule has 0 spiro atoms. The molecule has 0 heterocycles. The zero-order valence-electron chi connectivity index (χ0n) is 11.1.